The van der Waals surface area contributed by atoms with Crippen LogP contribution in [0.3, 0.4) is 0 Å². The Hall–Kier alpha value is -4.04. The first-order valence-corrected chi connectivity index (χ1v) is 10.7. The number of para-hydroxylation sites is 2. The number of halogens is 3. The molecule has 0 spiro atoms. The summed E-state index contributed by atoms with van der Waals surface area (Å²) in [4.78, 5) is 11.1. The number of carboxylic acid groups (broad SMARTS) is 1. The second-order valence-corrected chi connectivity index (χ2v) is 7.70. The molecule has 3 aromatic carbocycles. The minimum Gasteiger partial charge on any atom is -0.478 e. The molecule has 3 N–H and O–H groups in total. The molecule has 1 heterocycles. The maximum absolute atomic E-state index is 13.0. The highest BCUT2D eigenvalue weighted by Crippen LogP contribution is 2.35. The summed E-state index contributed by atoms with van der Waals surface area (Å²) in [5.41, 5.74) is 6.47. The summed E-state index contributed by atoms with van der Waals surface area (Å²) < 4.78 is 46.0. The van der Waals surface area contributed by atoms with Crippen LogP contribution in [0, 0.1) is 13.8 Å². The molecule has 0 saturated carbocycles. The van der Waals surface area contributed by atoms with Gasteiger partial charge in [0.15, 0.2) is 0 Å². The van der Waals surface area contributed by atoms with Crippen LogP contribution < -0.4 is 10.5 Å². The summed E-state index contributed by atoms with van der Waals surface area (Å²) >= 11 is 0. The second kappa shape index (κ2) is 10.9. The quantitative estimate of drug-likeness (QED) is 0.330. The monoisotopic (exact) mass is 482 g/mol. The molecule has 0 aliphatic heterocycles. The summed E-state index contributed by atoms with van der Waals surface area (Å²) in [6.07, 6.45) is -4.50. The summed E-state index contributed by atoms with van der Waals surface area (Å²) in [6.45, 7) is 3.63. The van der Waals surface area contributed by atoms with E-state index in [1.807, 2.05) is 54.6 Å². The number of hydrogen-bond donors (Lipinski definition) is 2. The van der Waals surface area contributed by atoms with Gasteiger partial charge < -0.3 is 20.1 Å². The highest BCUT2D eigenvalue weighted by atomic mass is 19.4. The van der Waals surface area contributed by atoms with Gasteiger partial charge in [-0.3, -0.25) is 0 Å². The molecule has 0 atom stereocenters. The first-order chi connectivity index (χ1) is 16.6. The standard InChI is InChI=1S/C14H12F3NO2.C13H13NO/c1-8-7-10(13(19)20)9(2)18(8)12-6-4-3-5-11(12)14(15,16)17;14-10-11-6-8-13(9-7-11)15-12-4-2-1-3-5-12/h3-7H,1-2H3,(H,19,20);1-9H,10,14H2. The Balaban J connectivity index is 0.000000203. The Morgan fingerprint density at radius 2 is 1.49 bits per heavy atom. The van der Waals surface area contributed by atoms with E-state index in [1.165, 1.54) is 35.8 Å². The fourth-order valence-corrected chi connectivity index (χ4v) is 3.58. The topological polar surface area (TPSA) is 77.5 Å². The molecule has 4 aromatic rings. The van der Waals surface area contributed by atoms with E-state index in [2.05, 4.69) is 0 Å². The number of ether oxygens (including phenoxy) is 1. The maximum Gasteiger partial charge on any atom is 0.418 e. The van der Waals surface area contributed by atoms with Crippen molar-refractivity contribution in [1.29, 1.82) is 0 Å². The molecule has 0 aliphatic rings. The SMILES string of the molecule is Cc1cc(C(=O)O)c(C)n1-c1ccccc1C(F)(F)F.NCc1ccc(Oc2ccccc2)cc1. The van der Waals surface area contributed by atoms with Crippen LogP contribution in [0.15, 0.2) is 84.9 Å². The zero-order valence-corrected chi connectivity index (χ0v) is 19.2. The second-order valence-electron chi connectivity index (χ2n) is 7.70. The molecule has 5 nitrogen and oxygen atoms in total. The van der Waals surface area contributed by atoms with Gasteiger partial charge in [-0.25, -0.2) is 4.79 Å². The Bertz CT molecular complexity index is 1280. The van der Waals surface area contributed by atoms with Crippen molar-refractivity contribution >= 4 is 5.97 Å². The number of hydrogen-bond acceptors (Lipinski definition) is 3. The van der Waals surface area contributed by atoms with Crippen molar-refractivity contribution in [2.75, 3.05) is 0 Å². The van der Waals surface area contributed by atoms with Crippen LogP contribution in [0.2, 0.25) is 0 Å². The zero-order valence-electron chi connectivity index (χ0n) is 19.2. The third-order valence-electron chi connectivity index (χ3n) is 5.25. The largest absolute Gasteiger partial charge is 0.478 e. The van der Waals surface area contributed by atoms with Crippen molar-refractivity contribution in [3.05, 3.63) is 113 Å². The fraction of sp³-hybridized carbons (Fsp3) is 0.148. The van der Waals surface area contributed by atoms with Gasteiger partial charge in [-0.05, 0) is 61.9 Å². The summed E-state index contributed by atoms with van der Waals surface area (Å²) in [5, 5.41) is 9.04. The number of carboxylic acids is 1. The van der Waals surface area contributed by atoms with Gasteiger partial charge in [-0.15, -0.1) is 0 Å². The molecule has 8 heteroatoms. The molecule has 35 heavy (non-hydrogen) atoms. The molecule has 4 rings (SSSR count). The van der Waals surface area contributed by atoms with Crippen LogP contribution in [0.25, 0.3) is 5.69 Å². The smallest absolute Gasteiger partial charge is 0.418 e. The summed E-state index contributed by atoms with van der Waals surface area (Å²) in [6, 6.07) is 24.0. The molecular weight excluding hydrogens is 457 g/mol. The van der Waals surface area contributed by atoms with E-state index in [0.29, 0.717) is 12.2 Å². The van der Waals surface area contributed by atoms with Gasteiger partial charge >= 0.3 is 12.1 Å². The van der Waals surface area contributed by atoms with Gasteiger partial charge in [-0.2, -0.15) is 13.2 Å². The van der Waals surface area contributed by atoms with E-state index in [0.717, 1.165) is 23.1 Å². The maximum atomic E-state index is 13.0. The third kappa shape index (κ3) is 6.30. The number of carbonyl (C=O) groups is 1. The number of benzene rings is 3. The minimum absolute atomic E-state index is 0.000484. The zero-order chi connectivity index (χ0) is 25.6. The molecule has 0 radical (unpaired) electrons. The Morgan fingerprint density at radius 1 is 0.914 bits per heavy atom. The normalized spacial score (nSPS) is 10.9. The molecule has 0 fully saturated rings. The lowest BCUT2D eigenvalue weighted by Crippen LogP contribution is -2.12. The number of rotatable bonds is 5. The van der Waals surface area contributed by atoms with Crippen molar-refractivity contribution < 1.29 is 27.8 Å². The van der Waals surface area contributed by atoms with Gasteiger partial charge in [-0.1, -0.05) is 42.5 Å². The van der Waals surface area contributed by atoms with Crippen LogP contribution in [0.1, 0.15) is 32.9 Å². The van der Waals surface area contributed by atoms with Crippen LogP contribution in [0.5, 0.6) is 11.5 Å². The number of aryl methyl sites for hydroxylation is 1. The van der Waals surface area contributed by atoms with E-state index in [-0.39, 0.29) is 16.9 Å². The Labute approximate surface area is 201 Å². The van der Waals surface area contributed by atoms with Gasteiger partial charge in [0.05, 0.1) is 16.8 Å². The molecule has 0 saturated heterocycles. The average Bonchev–Trinajstić information content (AvgIpc) is 3.14. The lowest BCUT2D eigenvalue weighted by Gasteiger charge is -2.16. The fourth-order valence-electron chi connectivity index (χ4n) is 3.58. The number of aromatic carboxylic acids is 1. The predicted octanol–water partition coefficient (Wildman–Crippen LogP) is 6.75. The van der Waals surface area contributed by atoms with Crippen molar-refractivity contribution in [2.24, 2.45) is 5.73 Å². The van der Waals surface area contributed by atoms with Crippen LogP contribution in [-0.4, -0.2) is 15.6 Å². The number of aromatic nitrogens is 1. The van der Waals surface area contributed by atoms with E-state index in [9.17, 15) is 18.0 Å². The van der Waals surface area contributed by atoms with E-state index >= 15 is 0 Å². The van der Waals surface area contributed by atoms with Crippen molar-refractivity contribution in [3.8, 4) is 17.2 Å². The van der Waals surface area contributed by atoms with Crippen molar-refractivity contribution in [3.63, 3.8) is 0 Å². The molecule has 182 valence electrons. The highest BCUT2D eigenvalue weighted by Gasteiger charge is 2.34. The van der Waals surface area contributed by atoms with Crippen molar-refractivity contribution in [2.45, 2.75) is 26.6 Å². The molecule has 1 aromatic heterocycles. The van der Waals surface area contributed by atoms with E-state index in [4.69, 9.17) is 15.6 Å². The predicted molar refractivity (Wildman–Crippen MR) is 128 cm³/mol. The van der Waals surface area contributed by atoms with Crippen molar-refractivity contribution in [1.82, 2.24) is 4.57 Å². The molecule has 0 bridgehead atoms. The van der Waals surface area contributed by atoms with Gasteiger partial charge in [0, 0.05) is 17.9 Å². The van der Waals surface area contributed by atoms with Gasteiger partial charge in [0.2, 0.25) is 0 Å². The number of alkyl halides is 3. The minimum atomic E-state index is -4.50. The van der Waals surface area contributed by atoms with Crippen LogP contribution in [-0.2, 0) is 12.7 Å². The number of nitrogens with two attached hydrogens (primary N) is 1. The van der Waals surface area contributed by atoms with Gasteiger partial charge in [0.25, 0.3) is 0 Å². The van der Waals surface area contributed by atoms with Crippen LogP contribution >= 0.6 is 0 Å². The third-order valence-corrected chi connectivity index (χ3v) is 5.25. The molecule has 0 unspecified atom stereocenters. The first-order valence-electron chi connectivity index (χ1n) is 10.7. The lowest BCUT2D eigenvalue weighted by atomic mass is 10.1. The molecule has 0 aliphatic carbocycles. The molecule has 0 amide bonds. The Morgan fingerprint density at radius 3 is 2.03 bits per heavy atom. The highest BCUT2D eigenvalue weighted by molar-refractivity contribution is 5.89. The summed E-state index contributed by atoms with van der Waals surface area (Å²) in [5.74, 6) is 0.519. The van der Waals surface area contributed by atoms with Crippen LogP contribution in [0.4, 0.5) is 13.2 Å². The number of nitrogens with zero attached hydrogens (tertiary/aromatic N) is 1. The average molecular weight is 483 g/mol. The molecular formula is C27H25F3N2O3. The van der Waals surface area contributed by atoms with E-state index in [1.54, 1.807) is 6.92 Å². The first kappa shape index (κ1) is 25.6. The lowest BCUT2D eigenvalue weighted by molar-refractivity contribution is -0.137. The summed E-state index contributed by atoms with van der Waals surface area (Å²) in [7, 11) is 0. The van der Waals surface area contributed by atoms with Gasteiger partial charge in [0.1, 0.15) is 11.5 Å². The van der Waals surface area contributed by atoms with E-state index < -0.39 is 17.7 Å². The Kier molecular flexibility index (Phi) is 7.98.